The van der Waals surface area contributed by atoms with E-state index in [1.807, 2.05) is 0 Å². The van der Waals surface area contributed by atoms with E-state index in [9.17, 15) is 13.9 Å². The van der Waals surface area contributed by atoms with Crippen LogP contribution in [0.2, 0.25) is 0 Å². The number of hydrogen-bond acceptors (Lipinski definition) is 1. The van der Waals surface area contributed by atoms with E-state index in [0.717, 1.165) is 12.8 Å². The Morgan fingerprint density at radius 2 is 1.62 bits per heavy atom. The highest BCUT2D eigenvalue weighted by atomic mass is 19.1. The molecule has 2 saturated carbocycles. The molecule has 0 aliphatic heterocycles. The molecule has 3 rings (SSSR count). The Morgan fingerprint density at radius 3 is 2.19 bits per heavy atom. The molecule has 0 radical (unpaired) electrons. The highest BCUT2D eigenvalue weighted by Crippen LogP contribution is 2.57. The van der Waals surface area contributed by atoms with Crippen LogP contribution in [0, 0.1) is 29.4 Å². The molecular weight excluding hydrogens is 210 g/mol. The molecule has 0 bridgehead atoms. The monoisotopic (exact) mass is 224 g/mol. The molecule has 86 valence electrons. The molecule has 0 saturated heterocycles. The molecule has 3 unspecified atom stereocenters. The Hall–Kier alpha value is -0.960. The number of rotatable bonds is 2. The molecule has 2 fully saturated rings. The Bertz CT molecular complexity index is 388. The standard InChI is InChI=1S/C13H14F2O/c14-10-2-1-3-11(15)12(10)13(16)9-5-7-4-8(7)6-9/h1-3,7-9,13,16H,4-6H2. The van der Waals surface area contributed by atoms with E-state index in [1.54, 1.807) is 0 Å². The molecule has 1 nitrogen and oxygen atoms in total. The number of aliphatic hydroxyl groups is 1. The Balaban J connectivity index is 1.85. The fourth-order valence-corrected chi connectivity index (χ4v) is 3.05. The fourth-order valence-electron chi connectivity index (χ4n) is 3.05. The third kappa shape index (κ3) is 1.54. The first-order valence-corrected chi connectivity index (χ1v) is 5.79. The van der Waals surface area contributed by atoms with Gasteiger partial charge < -0.3 is 5.11 Å². The van der Waals surface area contributed by atoms with Gasteiger partial charge in [0.1, 0.15) is 11.6 Å². The number of halogens is 2. The third-order valence-electron chi connectivity index (χ3n) is 4.02. The summed E-state index contributed by atoms with van der Waals surface area (Å²) in [5, 5.41) is 10.0. The van der Waals surface area contributed by atoms with Gasteiger partial charge in [-0.1, -0.05) is 6.07 Å². The van der Waals surface area contributed by atoms with Crippen molar-refractivity contribution in [3.05, 3.63) is 35.4 Å². The Labute approximate surface area is 93.1 Å². The van der Waals surface area contributed by atoms with Crippen LogP contribution in [0.1, 0.15) is 30.9 Å². The van der Waals surface area contributed by atoms with Crippen molar-refractivity contribution < 1.29 is 13.9 Å². The zero-order chi connectivity index (χ0) is 11.3. The summed E-state index contributed by atoms with van der Waals surface area (Å²) >= 11 is 0. The van der Waals surface area contributed by atoms with Gasteiger partial charge in [-0.25, -0.2) is 8.78 Å². The molecule has 0 amide bonds. The van der Waals surface area contributed by atoms with Crippen LogP contribution < -0.4 is 0 Å². The lowest BCUT2D eigenvalue weighted by atomic mass is 9.91. The molecular formula is C13H14F2O. The van der Waals surface area contributed by atoms with Gasteiger partial charge in [-0.15, -0.1) is 0 Å². The molecule has 1 N–H and O–H groups in total. The van der Waals surface area contributed by atoms with Crippen LogP contribution in [0.3, 0.4) is 0 Å². The Kier molecular flexibility index (Phi) is 2.25. The van der Waals surface area contributed by atoms with Gasteiger partial charge >= 0.3 is 0 Å². The summed E-state index contributed by atoms with van der Waals surface area (Å²) in [5.74, 6) is 0.181. The molecule has 1 aromatic rings. The first-order valence-electron chi connectivity index (χ1n) is 5.79. The van der Waals surface area contributed by atoms with Gasteiger partial charge in [0.2, 0.25) is 0 Å². The first-order chi connectivity index (χ1) is 7.66. The van der Waals surface area contributed by atoms with Crippen LogP contribution in [-0.4, -0.2) is 5.11 Å². The van der Waals surface area contributed by atoms with Crippen molar-refractivity contribution in [2.45, 2.75) is 25.4 Å². The highest BCUT2D eigenvalue weighted by molar-refractivity contribution is 5.23. The Morgan fingerprint density at radius 1 is 1.06 bits per heavy atom. The van der Waals surface area contributed by atoms with Gasteiger partial charge in [-0.3, -0.25) is 0 Å². The van der Waals surface area contributed by atoms with E-state index in [2.05, 4.69) is 0 Å². The highest BCUT2D eigenvalue weighted by Gasteiger charge is 2.48. The van der Waals surface area contributed by atoms with Gasteiger partial charge in [0, 0.05) is 0 Å². The summed E-state index contributed by atoms with van der Waals surface area (Å²) in [6.45, 7) is 0. The molecule has 1 aromatic carbocycles. The smallest absolute Gasteiger partial charge is 0.131 e. The van der Waals surface area contributed by atoms with Crippen molar-refractivity contribution >= 4 is 0 Å². The number of fused-ring (bicyclic) bond motifs is 1. The molecule has 3 heteroatoms. The second kappa shape index (κ2) is 3.52. The van der Waals surface area contributed by atoms with E-state index in [0.29, 0.717) is 11.8 Å². The molecule has 16 heavy (non-hydrogen) atoms. The van der Waals surface area contributed by atoms with E-state index >= 15 is 0 Å². The summed E-state index contributed by atoms with van der Waals surface area (Å²) in [5.41, 5.74) is -0.145. The lowest BCUT2D eigenvalue weighted by Gasteiger charge is -2.20. The number of hydrogen-bond donors (Lipinski definition) is 1. The summed E-state index contributed by atoms with van der Waals surface area (Å²) in [4.78, 5) is 0. The van der Waals surface area contributed by atoms with Gasteiger partial charge in [0.25, 0.3) is 0 Å². The van der Waals surface area contributed by atoms with Crippen molar-refractivity contribution in [1.29, 1.82) is 0 Å². The van der Waals surface area contributed by atoms with E-state index in [-0.39, 0.29) is 11.5 Å². The van der Waals surface area contributed by atoms with Crippen molar-refractivity contribution in [2.75, 3.05) is 0 Å². The van der Waals surface area contributed by atoms with Crippen molar-refractivity contribution in [3.63, 3.8) is 0 Å². The molecule has 2 aliphatic carbocycles. The van der Waals surface area contributed by atoms with Crippen LogP contribution >= 0.6 is 0 Å². The van der Waals surface area contributed by atoms with Crippen molar-refractivity contribution in [3.8, 4) is 0 Å². The number of benzene rings is 1. The van der Waals surface area contributed by atoms with Crippen molar-refractivity contribution in [2.24, 2.45) is 17.8 Å². The van der Waals surface area contributed by atoms with Gasteiger partial charge in [0.05, 0.1) is 11.7 Å². The van der Waals surface area contributed by atoms with Gasteiger partial charge in [-0.2, -0.15) is 0 Å². The summed E-state index contributed by atoms with van der Waals surface area (Å²) in [6, 6.07) is 3.74. The third-order valence-corrected chi connectivity index (χ3v) is 4.02. The zero-order valence-electron chi connectivity index (χ0n) is 8.87. The molecule has 0 heterocycles. The maximum absolute atomic E-state index is 13.5. The normalized spacial score (nSPS) is 33.6. The quantitative estimate of drug-likeness (QED) is 0.818. The van der Waals surface area contributed by atoms with E-state index < -0.39 is 17.7 Å². The van der Waals surface area contributed by atoms with Gasteiger partial charge in [-0.05, 0) is 49.1 Å². The average molecular weight is 224 g/mol. The van der Waals surface area contributed by atoms with Crippen LogP contribution in [0.4, 0.5) is 8.78 Å². The first kappa shape index (κ1) is 10.2. The lowest BCUT2D eigenvalue weighted by molar-refractivity contribution is 0.0967. The number of aliphatic hydroxyl groups excluding tert-OH is 1. The summed E-state index contributed by atoms with van der Waals surface area (Å²) in [7, 11) is 0. The maximum Gasteiger partial charge on any atom is 0.131 e. The van der Waals surface area contributed by atoms with Crippen LogP contribution in [0.15, 0.2) is 18.2 Å². The van der Waals surface area contributed by atoms with Crippen LogP contribution in [0.25, 0.3) is 0 Å². The SMILES string of the molecule is OC(c1c(F)cccc1F)C1CC2CC2C1. The van der Waals surface area contributed by atoms with E-state index in [1.165, 1.54) is 24.6 Å². The fraction of sp³-hybridized carbons (Fsp3) is 0.538. The second-order valence-corrected chi connectivity index (χ2v) is 5.07. The maximum atomic E-state index is 13.5. The minimum absolute atomic E-state index is 0.0372. The summed E-state index contributed by atoms with van der Waals surface area (Å²) in [6.07, 6.45) is 2.09. The molecule has 3 atom stereocenters. The average Bonchev–Trinajstić information content (AvgIpc) is 2.85. The molecule has 0 spiro atoms. The largest absolute Gasteiger partial charge is 0.388 e. The predicted octanol–water partition coefficient (Wildman–Crippen LogP) is 3.04. The zero-order valence-corrected chi connectivity index (χ0v) is 8.87. The molecule has 2 aliphatic rings. The lowest BCUT2D eigenvalue weighted by Crippen LogP contribution is -2.14. The topological polar surface area (TPSA) is 20.2 Å². The van der Waals surface area contributed by atoms with Crippen LogP contribution in [0.5, 0.6) is 0 Å². The minimum atomic E-state index is -0.978. The van der Waals surface area contributed by atoms with E-state index in [4.69, 9.17) is 0 Å². The minimum Gasteiger partial charge on any atom is -0.388 e. The second-order valence-electron chi connectivity index (χ2n) is 5.07. The van der Waals surface area contributed by atoms with Crippen molar-refractivity contribution in [1.82, 2.24) is 0 Å². The molecule has 0 aromatic heterocycles. The van der Waals surface area contributed by atoms with Crippen LogP contribution in [-0.2, 0) is 0 Å². The van der Waals surface area contributed by atoms with Gasteiger partial charge in [0.15, 0.2) is 0 Å². The summed E-state index contributed by atoms with van der Waals surface area (Å²) < 4.78 is 26.9. The predicted molar refractivity (Wildman–Crippen MR) is 55.6 cm³/mol.